The molecule has 2 heterocycles. The molecule has 0 fully saturated rings. The molecule has 0 saturated heterocycles. The number of aromatic nitrogens is 2. The lowest BCUT2D eigenvalue weighted by Crippen LogP contribution is -2.17. The highest BCUT2D eigenvalue weighted by atomic mass is 16.5. The van der Waals surface area contributed by atoms with Crippen molar-refractivity contribution >= 4 is 11.6 Å². The molecule has 1 aromatic carbocycles. The van der Waals surface area contributed by atoms with Crippen LogP contribution in [0.2, 0.25) is 0 Å². The molecule has 0 N–H and O–H groups in total. The Labute approximate surface area is 156 Å². The Balaban J connectivity index is 1.70. The summed E-state index contributed by atoms with van der Waals surface area (Å²) in [5.41, 5.74) is 2.34. The fourth-order valence-corrected chi connectivity index (χ4v) is 2.69. The zero-order valence-electron chi connectivity index (χ0n) is 15.4. The number of nitrogens with zero attached hydrogens (tertiary/aromatic N) is 2. The molecular formula is C20H20N2O5. The van der Waals surface area contributed by atoms with Gasteiger partial charge in [0.1, 0.15) is 23.8 Å². The van der Waals surface area contributed by atoms with Crippen LogP contribution in [-0.2, 0) is 22.6 Å². The summed E-state index contributed by atoms with van der Waals surface area (Å²) >= 11 is 0. The van der Waals surface area contributed by atoms with Gasteiger partial charge in [-0.3, -0.25) is 14.0 Å². The zero-order chi connectivity index (χ0) is 19.4. The summed E-state index contributed by atoms with van der Waals surface area (Å²) in [6.07, 6.45) is 1.76. The standard InChI is InChI=1S/C20H20N2O5/c1-13-4-7-18-21-15(9-19(23)22(18)11-13)12-27-20(24)8-14-5-6-16(25-2)10-17(14)26-3/h4-7,9-11H,8,12H2,1-3H3. The second-order valence-corrected chi connectivity index (χ2v) is 6.04. The monoisotopic (exact) mass is 368 g/mol. The first-order valence-corrected chi connectivity index (χ1v) is 8.35. The fourth-order valence-electron chi connectivity index (χ4n) is 2.69. The van der Waals surface area contributed by atoms with Gasteiger partial charge in [-0.2, -0.15) is 0 Å². The Morgan fingerprint density at radius 2 is 1.93 bits per heavy atom. The predicted octanol–water partition coefficient (Wildman–Crippen LogP) is 2.31. The molecule has 2 aromatic heterocycles. The van der Waals surface area contributed by atoms with Gasteiger partial charge >= 0.3 is 5.97 Å². The van der Waals surface area contributed by atoms with Crippen LogP contribution in [0.5, 0.6) is 11.5 Å². The molecule has 27 heavy (non-hydrogen) atoms. The third-order valence-corrected chi connectivity index (χ3v) is 4.07. The summed E-state index contributed by atoms with van der Waals surface area (Å²) < 4.78 is 17.2. The van der Waals surface area contributed by atoms with Crippen LogP contribution in [0.1, 0.15) is 16.8 Å². The van der Waals surface area contributed by atoms with E-state index < -0.39 is 5.97 Å². The van der Waals surface area contributed by atoms with Crippen molar-refractivity contribution < 1.29 is 19.0 Å². The zero-order valence-corrected chi connectivity index (χ0v) is 15.4. The van der Waals surface area contributed by atoms with Gasteiger partial charge in [-0.15, -0.1) is 0 Å². The van der Waals surface area contributed by atoms with Crippen molar-refractivity contribution in [2.24, 2.45) is 0 Å². The van der Waals surface area contributed by atoms with Crippen LogP contribution in [0.15, 0.2) is 47.4 Å². The Kier molecular flexibility index (Phi) is 5.40. The number of methoxy groups -OCH3 is 2. The largest absolute Gasteiger partial charge is 0.497 e. The molecule has 7 heteroatoms. The minimum atomic E-state index is -0.440. The molecule has 3 rings (SSSR count). The molecule has 0 radical (unpaired) electrons. The van der Waals surface area contributed by atoms with Crippen molar-refractivity contribution in [3.63, 3.8) is 0 Å². The van der Waals surface area contributed by atoms with E-state index in [0.29, 0.717) is 28.4 Å². The number of fused-ring (bicyclic) bond motifs is 1. The summed E-state index contributed by atoms with van der Waals surface area (Å²) in [6, 6.07) is 10.2. The van der Waals surface area contributed by atoms with Crippen molar-refractivity contribution in [3.05, 3.63) is 69.8 Å². The Bertz CT molecular complexity index is 1040. The Morgan fingerprint density at radius 1 is 1.11 bits per heavy atom. The molecule has 0 spiro atoms. The number of esters is 1. The van der Waals surface area contributed by atoms with Crippen LogP contribution in [0.4, 0.5) is 0 Å². The highest BCUT2D eigenvalue weighted by Gasteiger charge is 2.12. The summed E-state index contributed by atoms with van der Waals surface area (Å²) in [7, 11) is 3.08. The van der Waals surface area contributed by atoms with Crippen molar-refractivity contribution in [2.75, 3.05) is 14.2 Å². The van der Waals surface area contributed by atoms with Gasteiger partial charge in [-0.05, 0) is 24.6 Å². The second kappa shape index (κ2) is 7.90. The summed E-state index contributed by atoms with van der Waals surface area (Å²) in [6.45, 7) is 1.83. The molecule has 0 atom stereocenters. The summed E-state index contributed by atoms with van der Waals surface area (Å²) in [5.74, 6) is 0.744. The molecule has 0 aliphatic carbocycles. The molecule has 140 valence electrons. The van der Waals surface area contributed by atoms with E-state index >= 15 is 0 Å². The molecule has 0 amide bonds. The highest BCUT2D eigenvalue weighted by molar-refractivity contribution is 5.73. The third-order valence-electron chi connectivity index (χ3n) is 4.07. The van der Waals surface area contributed by atoms with Gasteiger partial charge in [-0.1, -0.05) is 12.1 Å². The SMILES string of the molecule is COc1ccc(CC(=O)OCc2cc(=O)n3cc(C)ccc3n2)c(OC)c1. The summed E-state index contributed by atoms with van der Waals surface area (Å²) in [5, 5.41) is 0. The van der Waals surface area contributed by atoms with E-state index in [1.54, 1.807) is 37.6 Å². The number of aryl methyl sites for hydroxylation is 1. The van der Waals surface area contributed by atoms with Gasteiger partial charge in [0.15, 0.2) is 0 Å². The molecule has 0 bridgehead atoms. The van der Waals surface area contributed by atoms with Crippen molar-refractivity contribution in [3.8, 4) is 11.5 Å². The molecule has 0 saturated carbocycles. The van der Waals surface area contributed by atoms with E-state index in [1.807, 2.05) is 13.0 Å². The van der Waals surface area contributed by atoms with E-state index in [-0.39, 0.29) is 18.6 Å². The minimum Gasteiger partial charge on any atom is -0.497 e. The maximum atomic E-state index is 12.2. The van der Waals surface area contributed by atoms with Crippen molar-refractivity contribution in [2.45, 2.75) is 20.0 Å². The average Bonchev–Trinajstić information content (AvgIpc) is 2.67. The first kappa shape index (κ1) is 18.4. The number of carbonyl (C=O) groups excluding carboxylic acids is 1. The van der Waals surface area contributed by atoms with Crippen LogP contribution in [0, 0.1) is 6.92 Å². The van der Waals surface area contributed by atoms with Crippen LogP contribution in [0.25, 0.3) is 5.65 Å². The first-order valence-electron chi connectivity index (χ1n) is 8.35. The van der Waals surface area contributed by atoms with Crippen LogP contribution in [0.3, 0.4) is 0 Å². The topological polar surface area (TPSA) is 79.1 Å². The lowest BCUT2D eigenvalue weighted by molar-refractivity contribution is -0.144. The quantitative estimate of drug-likeness (QED) is 0.621. The number of pyridine rings is 1. The summed E-state index contributed by atoms with van der Waals surface area (Å²) in [4.78, 5) is 28.7. The number of hydrogen-bond donors (Lipinski definition) is 0. The second-order valence-electron chi connectivity index (χ2n) is 6.04. The lowest BCUT2D eigenvalue weighted by atomic mass is 10.1. The number of rotatable bonds is 6. The number of ether oxygens (including phenoxy) is 3. The van der Waals surface area contributed by atoms with Gasteiger partial charge in [0.05, 0.1) is 26.3 Å². The number of hydrogen-bond acceptors (Lipinski definition) is 6. The highest BCUT2D eigenvalue weighted by Crippen LogP contribution is 2.25. The Hall–Kier alpha value is -3.35. The average molecular weight is 368 g/mol. The van der Waals surface area contributed by atoms with Gasteiger partial charge in [0, 0.05) is 23.9 Å². The number of carbonyl (C=O) groups is 1. The molecular weight excluding hydrogens is 348 g/mol. The van der Waals surface area contributed by atoms with Crippen molar-refractivity contribution in [1.29, 1.82) is 0 Å². The number of benzene rings is 1. The maximum absolute atomic E-state index is 12.2. The van der Waals surface area contributed by atoms with Gasteiger partial charge in [0.2, 0.25) is 0 Å². The van der Waals surface area contributed by atoms with E-state index in [0.717, 1.165) is 5.56 Å². The van der Waals surface area contributed by atoms with E-state index in [2.05, 4.69) is 4.98 Å². The van der Waals surface area contributed by atoms with Gasteiger partial charge in [-0.25, -0.2) is 4.98 Å². The first-order chi connectivity index (χ1) is 13.0. The molecule has 3 aromatic rings. The minimum absolute atomic E-state index is 0.0406. The fraction of sp³-hybridized carbons (Fsp3) is 0.250. The van der Waals surface area contributed by atoms with E-state index in [9.17, 15) is 9.59 Å². The third kappa shape index (κ3) is 4.25. The molecule has 0 unspecified atom stereocenters. The van der Waals surface area contributed by atoms with Crippen LogP contribution >= 0.6 is 0 Å². The lowest BCUT2D eigenvalue weighted by Gasteiger charge is -2.10. The molecule has 0 aliphatic heterocycles. The normalized spacial score (nSPS) is 10.6. The predicted molar refractivity (Wildman–Crippen MR) is 99.2 cm³/mol. The Morgan fingerprint density at radius 3 is 2.67 bits per heavy atom. The van der Waals surface area contributed by atoms with Crippen molar-refractivity contribution in [1.82, 2.24) is 9.38 Å². The smallest absolute Gasteiger partial charge is 0.310 e. The van der Waals surface area contributed by atoms with E-state index in [1.165, 1.54) is 17.6 Å². The van der Waals surface area contributed by atoms with E-state index in [4.69, 9.17) is 14.2 Å². The molecule has 7 nitrogen and oxygen atoms in total. The van der Waals surface area contributed by atoms with Gasteiger partial charge in [0.25, 0.3) is 5.56 Å². The maximum Gasteiger partial charge on any atom is 0.310 e. The van der Waals surface area contributed by atoms with Gasteiger partial charge < -0.3 is 14.2 Å². The van der Waals surface area contributed by atoms with Crippen LogP contribution < -0.4 is 15.0 Å². The molecule has 0 aliphatic rings. The van der Waals surface area contributed by atoms with Crippen LogP contribution in [-0.4, -0.2) is 29.6 Å².